The Balaban J connectivity index is 2.35. The highest BCUT2D eigenvalue weighted by Gasteiger charge is 2.20. The van der Waals surface area contributed by atoms with Gasteiger partial charge in [-0.1, -0.05) is 23.7 Å². The standard InChI is InChI=1S/C9H11ClN2/c10-8-3-1-2-6-4-7(5-11)12-9(6)8/h1-3,7,12H,4-5,11H2. The first-order chi connectivity index (χ1) is 5.81. The molecule has 2 rings (SSSR count). The Bertz CT molecular complexity index is 299. The molecule has 0 saturated heterocycles. The zero-order valence-electron chi connectivity index (χ0n) is 6.68. The second kappa shape index (κ2) is 2.96. The van der Waals surface area contributed by atoms with Crippen LogP contribution in [0.3, 0.4) is 0 Å². The third-order valence-corrected chi connectivity index (χ3v) is 2.51. The Kier molecular flexibility index (Phi) is 1.95. The molecule has 1 atom stereocenters. The number of nitrogens with two attached hydrogens (primary N) is 1. The highest BCUT2D eigenvalue weighted by Crippen LogP contribution is 2.32. The molecule has 1 aromatic rings. The lowest BCUT2D eigenvalue weighted by Gasteiger charge is -2.06. The number of rotatable bonds is 1. The molecule has 0 saturated carbocycles. The predicted octanol–water partition coefficient (Wildman–Crippen LogP) is 1.64. The molecule has 1 heterocycles. The van der Waals surface area contributed by atoms with E-state index in [9.17, 15) is 0 Å². The number of hydrogen-bond acceptors (Lipinski definition) is 2. The van der Waals surface area contributed by atoms with E-state index in [1.165, 1.54) is 5.56 Å². The lowest BCUT2D eigenvalue weighted by Crippen LogP contribution is -2.25. The van der Waals surface area contributed by atoms with Gasteiger partial charge in [0.1, 0.15) is 0 Å². The van der Waals surface area contributed by atoms with Crippen LogP contribution in [0.2, 0.25) is 5.02 Å². The third kappa shape index (κ3) is 1.17. The minimum atomic E-state index is 0.361. The van der Waals surface area contributed by atoms with Crippen LogP contribution in [0.4, 0.5) is 5.69 Å². The van der Waals surface area contributed by atoms with Crippen LogP contribution < -0.4 is 11.1 Å². The normalized spacial score (nSPS) is 20.3. The zero-order chi connectivity index (χ0) is 8.55. The Hall–Kier alpha value is -0.730. The lowest BCUT2D eigenvalue weighted by atomic mass is 10.1. The van der Waals surface area contributed by atoms with Crippen molar-refractivity contribution in [2.45, 2.75) is 12.5 Å². The molecule has 0 bridgehead atoms. The molecule has 1 aliphatic rings. The molecule has 0 aromatic heterocycles. The van der Waals surface area contributed by atoms with Gasteiger partial charge in [-0.15, -0.1) is 0 Å². The fourth-order valence-corrected chi connectivity index (χ4v) is 1.81. The van der Waals surface area contributed by atoms with E-state index < -0.39 is 0 Å². The van der Waals surface area contributed by atoms with Crippen molar-refractivity contribution in [1.82, 2.24) is 0 Å². The van der Waals surface area contributed by atoms with Crippen molar-refractivity contribution >= 4 is 17.3 Å². The molecule has 0 aliphatic carbocycles. The molecule has 1 aliphatic heterocycles. The van der Waals surface area contributed by atoms with E-state index in [-0.39, 0.29) is 0 Å². The van der Waals surface area contributed by atoms with E-state index in [4.69, 9.17) is 17.3 Å². The maximum Gasteiger partial charge on any atom is 0.0640 e. The van der Waals surface area contributed by atoms with Gasteiger partial charge >= 0.3 is 0 Å². The van der Waals surface area contributed by atoms with Crippen molar-refractivity contribution in [1.29, 1.82) is 0 Å². The van der Waals surface area contributed by atoms with Gasteiger partial charge in [-0.05, 0) is 18.1 Å². The minimum Gasteiger partial charge on any atom is -0.379 e. The van der Waals surface area contributed by atoms with Crippen LogP contribution in [0, 0.1) is 0 Å². The topological polar surface area (TPSA) is 38.0 Å². The number of anilines is 1. The number of para-hydroxylation sites is 1. The maximum absolute atomic E-state index is 5.99. The SMILES string of the molecule is NCC1Cc2cccc(Cl)c2N1. The van der Waals surface area contributed by atoms with Gasteiger partial charge in [-0.25, -0.2) is 0 Å². The summed E-state index contributed by atoms with van der Waals surface area (Å²) in [5.74, 6) is 0. The van der Waals surface area contributed by atoms with Crippen molar-refractivity contribution in [2.24, 2.45) is 5.73 Å². The maximum atomic E-state index is 5.99. The molecular weight excluding hydrogens is 172 g/mol. The molecule has 0 fully saturated rings. The molecule has 64 valence electrons. The van der Waals surface area contributed by atoms with Gasteiger partial charge in [0.05, 0.1) is 10.7 Å². The average molecular weight is 183 g/mol. The molecule has 3 heteroatoms. The van der Waals surface area contributed by atoms with E-state index in [1.807, 2.05) is 12.1 Å². The molecule has 12 heavy (non-hydrogen) atoms. The van der Waals surface area contributed by atoms with Crippen molar-refractivity contribution in [2.75, 3.05) is 11.9 Å². The summed E-state index contributed by atoms with van der Waals surface area (Å²) in [6.45, 7) is 0.658. The molecule has 0 spiro atoms. The van der Waals surface area contributed by atoms with Crippen molar-refractivity contribution in [3.05, 3.63) is 28.8 Å². The molecule has 2 nitrogen and oxygen atoms in total. The van der Waals surface area contributed by atoms with Gasteiger partial charge in [-0.2, -0.15) is 0 Å². The molecule has 1 unspecified atom stereocenters. The fraction of sp³-hybridized carbons (Fsp3) is 0.333. The van der Waals surface area contributed by atoms with E-state index in [1.54, 1.807) is 0 Å². The van der Waals surface area contributed by atoms with Crippen LogP contribution in [0.15, 0.2) is 18.2 Å². The molecule has 0 amide bonds. The Labute approximate surface area is 76.7 Å². The molecule has 1 aromatic carbocycles. The highest BCUT2D eigenvalue weighted by molar-refractivity contribution is 6.33. The van der Waals surface area contributed by atoms with Crippen LogP contribution in [-0.4, -0.2) is 12.6 Å². The Morgan fingerprint density at radius 1 is 1.58 bits per heavy atom. The van der Waals surface area contributed by atoms with Crippen LogP contribution in [-0.2, 0) is 6.42 Å². The monoisotopic (exact) mass is 182 g/mol. The summed E-state index contributed by atoms with van der Waals surface area (Å²) < 4.78 is 0. The molecule has 0 radical (unpaired) electrons. The van der Waals surface area contributed by atoms with Gasteiger partial charge < -0.3 is 11.1 Å². The summed E-state index contributed by atoms with van der Waals surface area (Å²) in [6, 6.07) is 6.32. The van der Waals surface area contributed by atoms with Crippen molar-refractivity contribution < 1.29 is 0 Å². The van der Waals surface area contributed by atoms with Crippen molar-refractivity contribution in [3.8, 4) is 0 Å². The van der Waals surface area contributed by atoms with Crippen LogP contribution in [0.5, 0.6) is 0 Å². The molecule has 3 N–H and O–H groups in total. The number of benzene rings is 1. The van der Waals surface area contributed by atoms with E-state index in [0.29, 0.717) is 12.6 Å². The van der Waals surface area contributed by atoms with Crippen molar-refractivity contribution in [3.63, 3.8) is 0 Å². The third-order valence-electron chi connectivity index (χ3n) is 2.20. The second-order valence-corrected chi connectivity index (χ2v) is 3.46. The van der Waals surface area contributed by atoms with Gasteiger partial charge in [0.15, 0.2) is 0 Å². The summed E-state index contributed by atoms with van der Waals surface area (Å²) in [7, 11) is 0. The summed E-state index contributed by atoms with van der Waals surface area (Å²) in [5.41, 5.74) is 7.90. The first-order valence-electron chi connectivity index (χ1n) is 4.05. The number of hydrogen-bond donors (Lipinski definition) is 2. The Morgan fingerprint density at radius 2 is 2.42 bits per heavy atom. The minimum absolute atomic E-state index is 0.361. The van der Waals surface area contributed by atoms with E-state index in [0.717, 1.165) is 17.1 Å². The lowest BCUT2D eigenvalue weighted by molar-refractivity contribution is 0.760. The summed E-state index contributed by atoms with van der Waals surface area (Å²) in [5, 5.41) is 4.09. The Morgan fingerprint density at radius 3 is 3.08 bits per heavy atom. The highest BCUT2D eigenvalue weighted by atomic mass is 35.5. The van der Waals surface area contributed by atoms with Gasteiger partial charge in [-0.3, -0.25) is 0 Å². The summed E-state index contributed by atoms with van der Waals surface area (Å²) in [4.78, 5) is 0. The summed E-state index contributed by atoms with van der Waals surface area (Å²) >= 11 is 5.99. The van der Waals surface area contributed by atoms with Gasteiger partial charge in [0, 0.05) is 12.6 Å². The number of fused-ring (bicyclic) bond motifs is 1. The summed E-state index contributed by atoms with van der Waals surface area (Å²) in [6.07, 6.45) is 0.992. The molecular formula is C9H11ClN2. The fourth-order valence-electron chi connectivity index (χ4n) is 1.56. The predicted molar refractivity (Wildman–Crippen MR) is 51.6 cm³/mol. The smallest absolute Gasteiger partial charge is 0.0640 e. The van der Waals surface area contributed by atoms with Crippen LogP contribution in [0.25, 0.3) is 0 Å². The largest absolute Gasteiger partial charge is 0.379 e. The quantitative estimate of drug-likeness (QED) is 0.693. The average Bonchev–Trinajstić information content (AvgIpc) is 2.49. The second-order valence-electron chi connectivity index (χ2n) is 3.06. The first-order valence-corrected chi connectivity index (χ1v) is 4.43. The van der Waals surface area contributed by atoms with Gasteiger partial charge in [0.2, 0.25) is 0 Å². The number of nitrogens with one attached hydrogen (secondary N) is 1. The van der Waals surface area contributed by atoms with Crippen LogP contribution in [0.1, 0.15) is 5.56 Å². The zero-order valence-corrected chi connectivity index (χ0v) is 7.43. The first kappa shape index (κ1) is 7.90. The number of halogens is 1. The van der Waals surface area contributed by atoms with Crippen LogP contribution >= 0.6 is 11.6 Å². The van der Waals surface area contributed by atoms with E-state index >= 15 is 0 Å². The van der Waals surface area contributed by atoms with E-state index in [2.05, 4.69) is 11.4 Å². The van der Waals surface area contributed by atoms with Gasteiger partial charge in [0.25, 0.3) is 0 Å².